The molecule has 0 radical (unpaired) electrons. The van der Waals surface area contributed by atoms with Crippen LogP contribution in [0.25, 0.3) is 0 Å². The minimum atomic E-state index is -4.52. The van der Waals surface area contributed by atoms with Crippen LogP contribution in [0.1, 0.15) is 23.2 Å². The average molecular weight is 304 g/mol. The van der Waals surface area contributed by atoms with Crippen LogP contribution in [0.3, 0.4) is 0 Å². The number of carbonyl (C=O) groups is 1. The van der Waals surface area contributed by atoms with Crippen LogP contribution in [-0.4, -0.2) is 47.8 Å². The summed E-state index contributed by atoms with van der Waals surface area (Å²) in [4.78, 5) is 26.9. The summed E-state index contributed by atoms with van der Waals surface area (Å²) in [5, 5.41) is 0. The van der Waals surface area contributed by atoms with Gasteiger partial charge < -0.3 is 14.6 Å². The van der Waals surface area contributed by atoms with Crippen molar-refractivity contribution in [2.24, 2.45) is 0 Å². The predicted octanol–water partition coefficient (Wildman–Crippen LogP) is 1.56. The van der Waals surface area contributed by atoms with Crippen LogP contribution < -0.4 is 5.56 Å². The number of pyridine rings is 1. The first-order chi connectivity index (χ1) is 9.88. The van der Waals surface area contributed by atoms with E-state index in [2.05, 4.69) is 4.98 Å². The van der Waals surface area contributed by atoms with Crippen molar-refractivity contribution in [3.63, 3.8) is 0 Å². The minimum Gasteiger partial charge on any atom is -0.381 e. The lowest BCUT2D eigenvalue weighted by Gasteiger charge is -2.34. The summed E-state index contributed by atoms with van der Waals surface area (Å²) in [6.07, 6.45) is -2.55. The fourth-order valence-electron chi connectivity index (χ4n) is 2.30. The monoisotopic (exact) mass is 304 g/mol. The SMILES string of the molecule is O=C(c1ccc[nH]c1=O)N(CC(F)(F)F)C1CCOCC1. The third kappa shape index (κ3) is 4.07. The molecule has 1 aliphatic heterocycles. The Morgan fingerprint density at radius 2 is 2.05 bits per heavy atom. The van der Waals surface area contributed by atoms with Crippen molar-refractivity contribution in [1.82, 2.24) is 9.88 Å². The van der Waals surface area contributed by atoms with Gasteiger partial charge in [-0.05, 0) is 25.0 Å². The molecule has 0 unspecified atom stereocenters. The summed E-state index contributed by atoms with van der Waals surface area (Å²) in [6, 6.07) is 2.06. The summed E-state index contributed by atoms with van der Waals surface area (Å²) in [6.45, 7) is -0.764. The van der Waals surface area contributed by atoms with Gasteiger partial charge in [0.2, 0.25) is 0 Å². The van der Waals surface area contributed by atoms with Crippen molar-refractivity contribution in [2.75, 3.05) is 19.8 Å². The van der Waals surface area contributed by atoms with Crippen LogP contribution in [-0.2, 0) is 4.74 Å². The van der Waals surface area contributed by atoms with Gasteiger partial charge in [-0.1, -0.05) is 0 Å². The topological polar surface area (TPSA) is 62.4 Å². The number of amides is 1. The standard InChI is InChI=1S/C13H15F3N2O3/c14-13(15,16)8-18(9-3-6-21-7-4-9)12(20)10-2-1-5-17-11(10)19/h1-2,5,9H,3-4,6-8H2,(H,17,19). The number of nitrogens with one attached hydrogen (secondary N) is 1. The fraction of sp³-hybridized carbons (Fsp3) is 0.538. The van der Waals surface area contributed by atoms with Crippen molar-refractivity contribution in [3.05, 3.63) is 34.2 Å². The van der Waals surface area contributed by atoms with Gasteiger partial charge in [0.15, 0.2) is 0 Å². The smallest absolute Gasteiger partial charge is 0.381 e. The second-order valence-electron chi connectivity index (χ2n) is 4.80. The van der Waals surface area contributed by atoms with Crippen molar-refractivity contribution in [2.45, 2.75) is 25.1 Å². The van der Waals surface area contributed by atoms with Crippen molar-refractivity contribution in [1.29, 1.82) is 0 Å². The molecule has 0 aliphatic carbocycles. The maximum Gasteiger partial charge on any atom is 0.406 e. The number of H-pyrrole nitrogens is 1. The second kappa shape index (κ2) is 6.30. The number of aromatic amines is 1. The van der Waals surface area contributed by atoms with Crippen LogP contribution in [0.4, 0.5) is 13.2 Å². The second-order valence-corrected chi connectivity index (χ2v) is 4.80. The number of rotatable bonds is 3. The molecular weight excluding hydrogens is 289 g/mol. The van der Waals surface area contributed by atoms with E-state index in [1.807, 2.05) is 0 Å². The number of halogens is 3. The molecular formula is C13H15F3N2O3. The van der Waals surface area contributed by atoms with E-state index in [4.69, 9.17) is 4.74 Å². The number of alkyl halides is 3. The molecule has 8 heteroatoms. The fourth-order valence-corrected chi connectivity index (χ4v) is 2.30. The van der Waals surface area contributed by atoms with Crippen molar-refractivity contribution >= 4 is 5.91 Å². The Hall–Kier alpha value is -1.83. The van der Waals surface area contributed by atoms with E-state index in [0.717, 1.165) is 4.90 Å². The number of carbonyl (C=O) groups excluding carboxylic acids is 1. The molecule has 2 heterocycles. The van der Waals surface area contributed by atoms with Crippen LogP contribution in [0.5, 0.6) is 0 Å². The number of hydrogen-bond donors (Lipinski definition) is 1. The van der Waals surface area contributed by atoms with Gasteiger partial charge in [0, 0.05) is 25.5 Å². The van der Waals surface area contributed by atoms with Gasteiger partial charge in [0.25, 0.3) is 11.5 Å². The highest BCUT2D eigenvalue weighted by Gasteiger charge is 2.37. The molecule has 1 aromatic heterocycles. The average Bonchev–Trinajstić information content (AvgIpc) is 2.45. The van der Waals surface area contributed by atoms with Gasteiger partial charge in [-0.25, -0.2) is 0 Å². The third-order valence-corrected chi connectivity index (χ3v) is 3.29. The lowest BCUT2D eigenvalue weighted by atomic mass is 10.1. The van der Waals surface area contributed by atoms with Crippen LogP contribution in [0.15, 0.2) is 23.1 Å². The van der Waals surface area contributed by atoms with E-state index in [1.165, 1.54) is 18.3 Å². The zero-order valence-corrected chi connectivity index (χ0v) is 11.2. The number of hydrogen-bond acceptors (Lipinski definition) is 3. The van der Waals surface area contributed by atoms with E-state index in [1.54, 1.807) is 0 Å². The highest BCUT2D eigenvalue weighted by atomic mass is 19.4. The quantitative estimate of drug-likeness (QED) is 0.922. The Balaban J connectivity index is 2.27. The van der Waals surface area contributed by atoms with Gasteiger partial charge in [-0.3, -0.25) is 9.59 Å². The molecule has 1 fully saturated rings. The molecule has 1 saturated heterocycles. The first kappa shape index (κ1) is 15.6. The molecule has 0 spiro atoms. The molecule has 0 aromatic carbocycles. The largest absolute Gasteiger partial charge is 0.406 e. The van der Waals surface area contributed by atoms with Crippen LogP contribution in [0, 0.1) is 0 Å². The number of ether oxygens (including phenoxy) is 1. The van der Waals surface area contributed by atoms with Crippen molar-refractivity contribution < 1.29 is 22.7 Å². The van der Waals surface area contributed by atoms with E-state index in [9.17, 15) is 22.8 Å². The first-order valence-electron chi connectivity index (χ1n) is 6.51. The third-order valence-electron chi connectivity index (χ3n) is 3.29. The van der Waals surface area contributed by atoms with Crippen LogP contribution in [0.2, 0.25) is 0 Å². The first-order valence-corrected chi connectivity index (χ1v) is 6.51. The molecule has 5 nitrogen and oxygen atoms in total. The van der Waals surface area contributed by atoms with E-state index < -0.39 is 30.2 Å². The predicted molar refractivity (Wildman–Crippen MR) is 68.0 cm³/mol. The van der Waals surface area contributed by atoms with Gasteiger partial charge in [0.1, 0.15) is 12.1 Å². The van der Waals surface area contributed by atoms with E-state index in [-0.39, 0.29) is 5.56 Å². The minimum absolute atomic E-state index is 0.284. The lowest BCUT2D eigenvalue weighted by molar-refractivity contribution is -0.147. The zero-order valence-electron chi connectivity index (χ0n) is 11.2. The molecule has 2 rings (SSSR count). The molecule has 1 aliphatic rings. The Morgan fingerprint density at radius 3 is 2.62 bits per heavy atom. The van der Waals surface area contributed by atoms with Crippen LogP contribution >= 0.6 is 0 Å². The summed E-state index contributed by atoms with van der Waals surface area (Å²) in [5.41, 5.74) is -0.977. The number of aromatic nitrogens is 1. The van der Waals surface area contributed by atoms with Gasteiger partial charge in [-0.2, -0.15) is 13.2 Å². The molecule has 0 atom stereocenters. The normalized spacial score (nSPS) is 16.7. The maximum absolute atomic E-state index is 12.7. The zero-order chi connectivity index (χ0) is 15.5. The number of nitrogens with zero attached hydrogens (tertiary/aromatic N) is 1. The lowest BCUT2D eigenvalue weighted by Crippen LogP contribution is -2.49. The summed E-state index contributed by atoms with van der Waals surface area (Å²) in [7, 11) is 0. The van der Waals surface area contributed by atoms with Gasteiger partial charge >= 0.3 is 6.18 Å². The van der Waals surface area contributed by atoms with Crippen molar-refractivity contribution in [3.8, 4) is 0 Å². The Kier molecular flexibility index (Phi) is 4.66. The van der Waals surface area contributed by atoms with Gasteiger partial charge in [0.05, 0.1) is 0 Å². The molecule has 21 heavy (non-hydrogen) atoms. The molecule has 0 bridgehead atoms. The molecule has 0 saturated carbocycles. The highest BCUT2D eigenvalue weighted by molar-refractivity contribution is 5.94. The Labute approximate surface area is 118 Å². The van der Waals surface area contributed by atoms with Gasteiger partial charge in [-0.15, -0.1) is 0 Å². The molecule has 116 valence electrons. The molecule has 1 amide bonds. The van der Waals surface area contributed by atoms with E-state index >= 15 is 0 Å². The maximum atomic E-state index is 12.7. The summed E-state index contributed by atoms with van der Waals surface area (Å²) in [5.74, 6) is -0.902. The molecule has 1 aromatic rings. The summed E-state index contributed by atoms with van der Waals surface area (Å²) >= 11 is 0. The highest BCUT2D eigenvalue weighted by Crippen LogP contribution is 2.23. The van der Waals surface area contributed by atoms with E-state index in [0.29, 0.717) is 26.1 Å². The Bertz CT molecular complexity index is 550. The molecule has 1 N–H and O–H groups in total. The Morgan fingerprint density at radius 1 is 1.38 bits per heavy atom. The summed E-state index contributed by atoms with van der Waals surface area (Å²) < 4.78 is 43.3.